The van der Waals surface area contributed by atoms with Crippen LogP contribution in [0.15, 0.2) is 47.2 Å². The summed E-state index contributed by atoms with van der Waals surface area (Å²) < 4.78 is 3.22. The first-order valence-corrected chi connectivity index (χ1v) is 12.6. The number of H-pyrrole nitrogens is 1. The fraction of sp³-hybridized carbons (Fsp3) is 0.346. The second kappa shape index (κ2) is 8.36. The Balaban J connectivity index is 1.40. The number of benzene rings is 2. The molecule has 34 heavy (non-hydrogen) atoms. The maximum Gasteiger partial charge on any atom is 0.256 e. The molecule has 0 bridgehead atoms. The zero-order valence-electron chi connectivity index (χ0n) is 19.3. The monoisotopic (exact) mass is 518 g/mol. The van der Waals surface area contributed by atoms with Crippen LogP contribution < -0.4 is 5.32 Å². The van der Waals surface area contributed by atoms with Crippen molar-refractivity contribution in [1.82, 2.24) is 29.7 Å². The molecule has 174 valence electrons. The Hall–Kier alpha value is -2.97. The molecule has 0 aliphatic carbocycles. The number of amides is 1. The van der Waals surface area contributed by atoms with Crippen molar-refractivity contribution < 1.29 is 4.79 Å². The van der Waals surface area contributed by atoms with Crippen LogP contribution in [-0.4, -0.2) is 50.0 Å². The third kappa shape index (κ3) is 3.39. The normalized spacial score (nSPS) is 17.8. The lowest BCUT2D eigenvalue weighted by Crippen LogP contribution is -2.45. The fourth-order valence-corrected chi connectivity index (χ4v) is 5.71. The molecule has 2 N–H and O–H groups in total. The van der Waals surface area contributed by atoms with E-state index in [2.05, 4.69) is 73.9 Å². The molecule has 1 unspecified atom stereocenters. The molecule has 4 aromatic rings. The highest BCUT2D eigenvalue weighted by Gasteiger charge is 2.37. The minimum absolute atomic E-state index is 0.0247. The fourth-order valence-electron chi connectivity index (χ4n) is 5.27. The summed E-state index contributed by atoms with van der Waals surface area (Å²) in [5.74, 6) is 1.54. The SMILES string of the molecule is CC(C)c1ccc(-c2nc3c4n2CCN(C(=O)c2ccc(Br)c5nc[nH]c25)C4CNCC3)cc1. The second-order valence-electron chi connectivity index (χ2n) is 9.39. The second-order valence-corrected chi connectivity index (χ2v) is 10.2. The maximum absolute atomic E-state index is 13.8. The number of nitrogens with zero attached hydrogens (tertiary/aromatic N) is 4. The van der Waals surface area contributed by atoms with Crippen molar-refractivity contribution in [2.45, 2.75) is 38.8 Å². The Morgan fingerprint density at radius 3 is 2.76 bits per heavy atom. The van der Waals surface area contributed by atoms with Crippen LogP contribution >= 0.6 is 15.9 Å². The number of hydrogen-bond donors (Lipinski definition) is 2. The zero-order valence-corrected chi connectivity index (χ0v) is 20.9. The largest absolute Gasteiger partial charge is 0.344 e. The lowest BCUT2D eigenvalue weighted by atomic mass is 10.0. The first kappa shape index (κ1) is 21.6. The molecule has 0 spiro atoms. The summed E-state index contributed by atoms with van der Waals surface area (Å²) in [5, 5.41) is 3.52. The quantitative estimate of drug-likeness (QED) is 0.413. The molecule has 8 heteroatoms. The van der Waals surface area contributed by atoms with E-state index in [1.54, 1.807) is 6.33 Å². The van der Waals surface area contributed by atoms with Crippen LogP contribution in [0.3, 0.4) is 0 Å². The summed E-state index contributed by atoms with van der Waals surface area (Å²) >= 11 is 3.54. The van der Waals surface area contributed by atoms with Crippen LogP contribution in [0.25, 0.3) is 22.4 Å². The van der Waals surface area contributed by atoms with Gasteiger partial charge in [-0.2, -0.15) is 0 Å². The van der Waals surface area contributed by atoms with Crippen LogP contribution in [0.1, 0.15) is 53.1 Å². The van der Waals surface area contributed by atoms with Crippen LogP contribution in [-0.2, 0) is 13.0 Å². The molecule has 2 aliphatic rings. The number of carbonyl (C=O) groups excluding carboxylic acids is 1. The first-order valence-electron chi connectivity index (χ1n) is 11.9. The highest BCUT2D eigenvalue weighted by molar-refractivity contribution is 9.10. The van der Waals surface area contributed by atoms with Crippen molar-refractivity contribution in [2.75, 3.05) is 19.6 Å². The Morgan fingerprint density at radius 1 is 1.15 bits per heavy atom. The van der Waals surface area contributed by atoms with Gasteiger partial charge in [-0.1, -0.05) is 38.1 Å². The van der Waals surface area contributed by atoms with Gasteiger partial charge in [0.25, 0.3) is 5.91 Å². The van der Waals surface area contributed by atoms with Crippen molar-refractivity contribution in [3.63, 3.8) is 0 Å². The van der Waals surface area contributed by atoms with Gasteiger partial charge in [-0.15, -0.1) is 0 Å². The van der Waals surface area contributed by atoms with Crippen LogP contribution in [0.2, 0.25) is 0 Å². The highest BCUT2D eigenvalue weighted by atomic mass is 79.9. The van der Waals surface area contributed by atoms with E-state index in [1.165, 1.54) is 11.3 Å². The van der Waals surface area contributed by atoms with E-state index >= 15 is 0 Å². The average molecular weight is 519 g/mol. The van der Waals surface area contributed by atoms with Crippen molar-refractivity contribution in [3.05, 3.63) is 69.7 Å². The molecule has 0 fully saturated rings. The number of nitrogens with one attached hydrogen (secondary N) is 2. The van der Waals surface area contributed by atoms with Gasteiger partial charge in [-0.3, -0.25) is 4.79 Å². The van der Waals surface area contributed by atoms with Gasteiger partial charge < -0.3 is 19.8 Å². The van der Waals surface area contributed by atoms with Gasteiger partial charge in [0, 0.05) is 42.6 Å². The van der Waals surface area contributed by atoms with E-state index in [-0.39, 0.29) is 11.9 Å². The Bertz CT molecular complexity index is 1390. The summed E-state index contributed by atoms with van der Waals surface area (Å²) in [5.41, 5.74) is 6.93. The first-order chi connectivity index (χ1) is 16.5. The number of imidazole rings is 2. The lowest BCUT2D eigenvalue weighted by Gasteiger charge is -2.37. The number of aromatic amines is 1. The Kier molecular flexibility index (Phi) is 5.30. The van der Waals surface area contributed by atoms with E-state index in [4.69, 9.17) is 4.98 Å². The van der Waals surface area contributed by atoms with Crippen LogP contribution in [0, 0.1) is 0 Å². The van der Waals surface area contributed by atoms with Crippen molar-refractivity contribution in [3.8, 4) is 11.4 Å². The summed E-state index contributed by atoms with van der Waals surface area (Å²) in [6, 6.07) is 12.5. The summed E-state index contributed by atoms with van der Waals surface area (Å²) in [6.45, 7) is 7.37. The Morgan fingerprint density at radius 2 is 1.97 bits per heavy atom. The van der Waals surface area contributed by atoms with E-state index in [9.17, 15) is 4.79 Å². The molecule has 2 aromatic heterocycles. The molecule has 4 heterocycles. The summed E-state index contributed by atoms with van der Waals surface area (Å²) in [4.78, 5) is 28.5. The van der Waals surface area contributed by atoms with Crippen molar-refractivity contribution >= 4 is 32.9 Å². The summed E-state index contributed by atoms with van der Waals surface area (Å²) in [7, 11) is 0. The third-order valence-corrected chi connectivity index (χ3v) is 7.71. The minimum Gasteiger partial charge on any atom is -0.344 e. The third-order valence-electron chi connectivity index (χ3n) is 7.07. The number of fused-ring (bicyclic) bond motifs is 1. The molecular formula is C26H27BrN6O. The molecule has 1 amide bonds. The van der Waals surface area contributed by atoms with Crippen LogP contribution in [0.5, 0.6) is 0 Å². The smallest absolute Gasteiger partial charge is 0.256 e. The van der Waals surface area contributed by atoms with Gasteiger partial charge in [0.15, 0.2) is 0 Å². The molecule has 2 aliphatic heterocycles. The standard InChI is InChI=1S/C26H27BrN6O/c1-15(2)16-3-5-17(6-4-16)25-31-20-9-10-28-13-21-24(20)33(25)12-11-32(21)26(34)18-7-8-19(27)23-22(18)29-14-30-23/h3-8,14-15,21,28H,9-13H2,1-2H3,(H,29,30). The van der Waals surface area contributed by atoms with Gasteiger partial charge >= 0.3 is 0 Å². The molecule has 2 aromatic carbocycles. The molecule has 7 nitrogen and oxygen atoms in total. The number of halogens is 1. The number of rotatable bonds is 3. The van der Waals surface area contributed by atoms with E-state index in [0.29, 0.717) is 18.0 Å². The number of hydrogen-bond acceptors (Lipinski definition) is 4. The van der Waals surface area contributed by atoms with Crippen molar-refractivity contribution in [1.29, 1.82) is 0 Å². The number of carbonyl (C=O) groups is 1. The Labute approximate surface area is 206 Å². The number of aromatic nitrogens is 4. The molecule has 0 saturated carbocycles. The summed E-state index contributed by atoms with van der Waals surface area (Å²) in [6.07, 6.45) is 2.50. The molecule has 1 atom stereocenters. The van der Waals surface area contributed by atoms with Gasteiger partial charge in [-0.25, -0.2) is 9.97 Å². The zero-order chi connectivity index (χ0) is 23.4. The maximum atomic E-state index is 13.8. The topological polar surface area (TPSA) is 78.8 Å². The molecule has 0 saturated heterocycles. The van der Waals surface area contributed by atoms with Crippen LogP contribution in [0.4, 0.5) is 0 Å². The van der Waals surface area contributed by atoms with Gasteiger partial charge in [0.05, 0.1) is 34.8 Å². The lowest BCUT2D eigenvalue weighted by molar-refractivity contribution is 0.0627. The van der Waals surface area contributed by atoms with Gasteiger partial charge in [0.1, 0.15) is 11.3 Å². The predicted molar refractivity (Wildman–Crippen MR) is 136 cm³/mol. The van der Waals surface area contributed by atoms with E-state index < -0.39 is 0 Å². The molecule has 0 radical (unpaired) electrons. The average Bonchev–Trinajstić information content (AvgIpc) is 3.42. The minimum atomic E-state index is -0.0587. The van der Waals surface area contributed by atoms with Gasteiger partial charge in [-0.05, 0) is 39.5 Å². The molecule has 6 rings (SSSR count). The van der Waals surface area contributed by atoms with E-state index in [0.717, 1.165) is 58.6 Å². The highest BCUT2D eigenvalue weighted by Crippen LogP contribution is 2.36. The predicted octanol–water partition coefficient (Wildman–Crippen LogP) is 4.66. The molecular weight excluding hydrogens is 492 g/mol. The van der Waals surface area contributed by atoms with Gasteiger partial charge in [0.2, 0.25) is 0 Å². The van der Waals surface area contributed by atoms with Crippen molar-refractivity contribution in [2.24, 2.45) is 0 Å². The van der Waals surface area contributed by atoms with E-state index in [1.807, 2.05) is 17.0 Å².